The lowest BCUT2D eigenvalue weighted by atomic mass is 10.2. The van der Waals surface area contributed by atoms with Crippen molar-refractivity contribution < 1.29 is 0 Å². The molecule has 114 valence electrons. The Bertz CT molecular complexity index is 612. The van der Waals surface area contributed by atoms with Crippen LogP contribution >= 0.6 is 23.2 Å². The van der Waals surface area contributed by atoms with E-state index in [2.05, 4.69) is 31.2 Å². The fourth-order valence-corrected chi connectivity index (χ4v) is 2.80. The third-order valence-corrected chi connectivity index (χ3v) is 4.30. The van der Waals surface area contributed by atoms with Crippen molar-refractivity contribution in [2.45, 2.75) is 46.8 Å². The van der Waals surface area contributed by atoms with E-state index in [1.807, 2.05) is 29.8 Å². The maximum atomic E-state index is 6.24. The number of nitrogens with zero attached hydrogens (tertiary/aromatic N) is 2. The number of halogens is 2. The van der Waals surface area contributed by atoms with E-state index in [1.165, 1.54) is 5.56 Å². The molecule has 2 rings (SSSR count). The van der Waals surface area contributed by atoms with Crippen LogP contribution in [-0.2, 0) is 13.1 Å². The summed E-state index contributed by atoms with van der Waals surface area (Å²) in [5.74, 6) is 0. The molecule has 1 aromatic carbocycles. The lowest BCUT2D eigenvalue weighted by Gasteiger charge is -2.10. The van der Waals surface area contributed by atoms with E-state index in [0.717, 1.165) is 23.5 Å². The molecule has 1 N–H and O–H groups in total. The first-order chi connectivity index (χ1) is 9.90. The van der Waals surface area contributed by atoms with E-state index in [0.29, 0.717) is 22.6 Å². The maximum absolute atomic E-state index is 6.24. The SMILES string of the molecule is Cc1nn(Cc2c(Cl)cccc2Cl)c(C)c1CNC(C)C. The molecule has 0 fully saturated rings. The molecule has 1 aromatic heterocycles. The van der Waals surface area contributed by atoms with Gasteiger partial charge >= 0.3 is 0 Å². The Hall–Kier alpha value is -1.03. The molecule has 1 heterocycles. The van der Waals surface area contributed by atoms with Crippen molar-refractivity contribution >= 4 is 23.2 Å². The number of aryl methyl sites for hydroxylation is 1. The molecule has 2 aromatic rings. The minimum Gasteiger partial charge on any atom is -0.310 e. The quantitative estimate of drug-likeness (QED) is 0.885. The second-order valence-corrected chi connectivity index (χ2v) is 6.36. The third kappa shape index (κ3) is 3.79. The summed E-state index contributed by atoms with van der Waals surface area (Å²) in [6, 6.07) is 6.02. The van der Waals surface area contributed by atoms with Gasteiger partial charge in [0.2, 0.25) is 0 Å². The van der Waals surface area contributed by atoms with Crippen LogP contribution in [0.2, 0.25) is 10.0 Å². The highest BCUT2D eigenvalue weighted by Gasteiger charge is 2.14. The predicted octanol–water partition coefficient (Wildman–Crippen LogP) is 4.35. The summed E-state index contributed by atoms with van der Waals surface area (Å²) in [6.07, 6.45) is 0. The molecule has 0 saturated heterocycles. The highest BCUT2D eigenvalue weighted by molar-refractivity contribution is 6.35. The topological polar surface area (TPSA) is 29.9 Å². The molecule has 0 aliphatic rings. The van der Waals surface area contributed by atoms with Crippen LogP contribution < -0.4 is 5.32 Å². The first kappa shape index (κ1) is 16.3. The van der Waals surface area contributed by atoms with Crippen molar-refractivity contribution in [2.75, 3.05) is 0 Å². The number of rotatable bonds is 5. The van der Waals surface area contributed by atoms with E-state index >= 15 is 0 Å². The minimum atomic E-state index is 0.449. The lowest BCUT2D eigenvalue weighted by Crippen LogP contribution is -2.22. The molecule has 0 aliphatic heterocycles. The number of benzene rings is 1. The Morgan fingerprint density at radius 2 is 1.76 bits per heavy atom. The van der Waals surface area contributed by atoms with Gasteiger partial charge in [-0.05, 0) is 26.0 Å². The van der Waals surface area contributed by atoms with Gasteiger partial charge in [0.05, 0.1) is 12.2 Å². The second-order valence-electron chi connectivity index (χ2n) is 5.54. The van der Waals surface area contributed by atoms with Crippen LogP contribution in [0.15, 0.2) is 18.2 Å². The third-order valence-electron chi connectivity index (χ3n) is 3.59. The van der Waals surface area contributed by atoms with Crippen molar-refractivity contribution in [2.24, 2.45) is 0 Å². The van der Waals surface area contributed by atoms with Gasteiger partial charge in [0, 0.05) is 39.5 Å². The average Bonchev–Trinajstić information content (AvgIpc) is 2.67. The number of hydrogen-bond donors (Lipinski definition) is 1. The van der Waals surface area contributed by atoms with Gasteiger partial charge in [0.15, 0.2) is 0 Å². The molecule has 5 heteroatoms. The van der Waals surface area contributed by atoms with Gasteiger partial charge in [-0.2, -0.15) is 5.10 Å². The van der Waals surface area contributed by atoms with Gasteiger partial charge in [-0.3, -0.25) is 4.68 Å². The van der Waals surface area contributed by atoms with Gasteiger partial charge in [-0.15, -0.1) is 0 Å². The van der Waals surface area contributed by atoms with Gasteiger partial charge < -0.3 is 5.32 Å². The second kappa shape index (κ2) is 6.82. The van der Waals surface area contributed by atoms with Crippen molar-refractivity contribution in [1.82, 2.24) is 15.1 Å². The highest BCUT2D eigenvalue weighted by atomic mass is 35.5. The van der Waals surface area contributed by atoms with Crippen LogP contribution in [0.5, 0.6) is 0 Å². The van der Waals surface area contributed by atoms with E-state index in [4.69, 9.17) is 23.2 Å². The predicted molar refractivity (Wildman–Crippen MR) is 89.2 cm³/mol. The molecule has 0 aliphatic carbocycles. The average molecular weight is 326 g/mol. The van der Waals surface area contributed by atoms with Crippen molar-refractivity contribution in [3.8, 4) is 0 Å². The summed E-state index contributed by atoms with van der Waals surface area (Å²) in [6.45, 7) is 9.81. The minimum absolute atomic E-state index is 0.449. The smallest absolute Gasteiger partial charge is 0.0692 e. The van der Waals surface area contributed by atoms with E-state index < -0.39 is 0 Å². The van der Waals surface area contributed by atoms with Crippen molar-refractivity contribution in [1.29, 1.82) is 0 Å². The van der Waals surface area contributed by atoms with Crippen LogP contribution in [0.4, 0.5) is 0 Å². The maximum Gasteiger partial charge on any atom is 0.0692 e. The molecule has 0 bridgehead atoms. The van der Waals surface area contributed by atoms with Crippen molar-refractivity contribution in [3.63, 3.8) is 0 Å². The highest BCUT2D eigenvalue weighted by Crippen LogP contribution is 2.26. The first-order valence-corrected chi connectivity index (χ1v) is 7.85. The zero-order valence-corrected chi connectivity index (χ0v) is 14.4. The Balaban J connectivity index is 2.27. The van der Waals surface area contributed by atoms with E-state index in [-0.39, 0.29) is 0 Å². The van der Waals surface area contributed by atoms with Crippen LogP contribution in [0.3, 0.4) is 0 Å². The summed E-state index contributed by atoms with van der Waals surface area (Å²) >= 11 is 12.5. The lowest BCUT2D eigenvalue weighted by molar-refractivity contribution is 0.584. The monoisotopic (exact) mass is 325 g/mol. The Morgan fingerprint density at radius 1 is 1.14 bits per heavy atom. The van der Waals surface area contributed by atoms with E-state index in [9.17, 15) is 0 Å². The summed E-state index contributed by atoms with van der Waals surface area (Å²) in [5, 5.41) is 9.42. The molecule has 0 saturated carbocycles. The molecule has 0 radical (unpaired) electrons. The Labute approximate surface area is 136 Å². The number of hydrogen-bond acceptors (Lipinski definition) is 2. The van der Waals surface area contributed by atoms with Crippen LogP contribution in [0, 0.1) is 13.8 Å². The van der Waals surface area contributed by atoms with Gasteiger partial charge in [0.1, 0.15) is 0 Å². The fraction of sp³-hybridized carbons (Fsp3) is 0.438. The Kier molecular flexibility index (Phi) is 5.31. The normalized spacial score (nSPS) is 11.4. The van der Waals surface area contributed by atoms with Crippen molar-refractivity contribution in [3.05, 3.63) is 50.8 Å². The molecule has 0 amide bonds. The molecule has 0 atom stereocenters. The van der Waals surface area contributed by atoms with Gasteiger partial charge in [-0.1, -0.05) is 43.1 Å². The first-order valence-electron chi connectivity index (χ1n) is 7.09. The van der Waals surface area contributed by atoms with Crippen LogP contribution in [0.25, 0.3) is 0 Å². The number of aromatic nitrogens is 2. The molecule has 0 unspecified atom stereocenters. The summed E-state index contributed by atoms with van der Waals surface area (Å²) < 4.78 is 1.97. The largest absolute Gasteiger partial charge is 0.310 e. The van der Waals surface area contributed by atoms with Crippen LogP contribution in [-0.4, -0.2) is 15.8 Å². The summed E-state index contributed by atoms with van der Waals surface area (Å²) in [5.41, 5.74) is 4.35. The summed E-state index contributed by atoms with van der Waals surface area (Å²) in [7, 11) is 0. The molecule has 0 spiro atoms. The van der Waals surface area contributed by atoms with E-state index in [1.54, 1.807) is 0 Å². The zero-order chi connectivity index (χ0) is 15.6. The van der Waals surface area contributed by atoms with Gasteiger partial charge in [-0.25, -0.2) is 0 Å². The Morgan fingerprint density at radius 3 is 2.33 bits per heavy atom. The fourth-order valence-electron chi connectivity index (χ4n) is 2.28. The zero-order valence-electron chi connectivity index (χ0n) is 12.9. The standard InChI is InChI=1S/C16H21Cl2N3/c1-10(2)19-8-13-11(3)20-21(12(13)4)9-14-15(17)6-5-7-16(14)18/h5-7,10,19H,8-9H2,1-4H3. The molecule has 21 heavy (non-hydrogen) atoms. The van der Waals surface area contributed by atoms with Gasteiger partial charge in [0.25, 0.3) is 0 Å². The molecule has 3 nitrogen and oxygen atoms in total. The number of nitrogens with one attached hydrogen (secondary N) is 1. The van der Waals surface area contributed by atoms with Crippen LogP contribution in [0.1, 0.15) is 36.4 Å². The molecular weight excluding hydrogens is 305 g/mol. The summed E-state index contributed by atoms with van der Waals surface area (Å²) in [4.78, 5) is 0. The molecular formula is C16H21Cl2N3.